The van der Waals surface area contributed by atoms with Crippen LogP contribution in [0.4, 0.5) is 11.4 Å². The van der Waals surface area contributed by atoms with Gasteiger partial charge in [-0.3, -0.25) is 14.4 Å². The summed E-state index contributed by atoms with van der Waals surface area (Å²) < 4.78 is 5.12. The maximum Gasteiger partial charge on any atom is 0.338 e. The van der Waals surface area contributed by atoms with Crippen LogP contribution in [0.1, 0.15) is 34.6 Å². The number of rotatable bonds is 6. The monoisotopic (exact) mass is 354 g/mol. The maximum atomic E-state index is 12.1. The molecule has 0 saturated carbocycles. The van der Waals surface area contributed by atoms with E-state index in [0.29, 0.717) is 23.2 Å². The Kier molecular flexibility index (Phi) is 6.21. The van der Waals surface area contributed by atoms with Crippen LogP contribution in [-0.2, 0) is 14.3 Å². The molecule has 0 saturated heterocycles. The number of carbonyl (C=O) groups excluding carboxylic acids is 4. The van der Waals surface area contributed by atoms with Crippen LogP contribution < -0.4 is 10.6 Å². The summed E-state index contributed by atoms with van der Waals surface area (Å²) in [5.74, 6) is -1.34. The molecule has 0 fully saturated rings. The molecule has 2 rings (SSSR count). The van der Waals surface area contributed by atoms with E-state index in [1.54, 1.807) is 24.3 Å². The number of aldehydes is 1. The van der Waals surface area contributed by atoms with E-state index in [4.69, 9.17) is 4.74 Å². The van der Waals surface area contributed by atoms with Gasteiger partial charge in [0.05, 0.1) is 5.56 Å². The molecular formula is C19H18N2O5. The minimum absolute atomic E-state index is 0.191. The Balaban J connectivity index is 1.92. The molecule has 0 unspecified atom stereocenters. The summed E-state index contributed by atoms with van der Waals surface area (Å²) in [7, 11) is 0. The van der Waals surface area contributed by atoms with E-state index in [1.807, 2.05) is 0 Å². The molecule has 0 aliphatic rings. The molecule has 2 aromatic rings. The van der Waals surface area contributed by atoms with Crippen LogP contribution in [0.2, 0.25) is 0 Å². The molecule has 2 aromatic carbocycles. The van der Waals surface area contributed by atoms with Gasteiger partial charge in [-0.05, 0) is 43.3 Å². The Bertz CT molecular complexity index is 813. The van der Waals surface area contributed by atoms with Crippen LogP contribution in [-0.4, -0.2) is 30.2 Å². The Morgan fingerprint density at radius 1 is 0.923 bits per heavy atom. The Labute approximate surface area is 150 Å². The first-order valence-corrected chi connectivity index (χ1v) is 7.84. The summed E-state index contributed by atoms with van der Waals surface area (Å²) in [5, 5.41) is 5.24. The third-order valence-electron chi connectivity index (χ3n) is 3.41. The predicted octanol–water partition coefficient (Wildman–Crippen LogP) is 2.64. The first kappa shape index (κ1) is 18.9. The fourth-order valence-electron chi connectivity index (χ4n) is 2.06. The van der Waals surface area contributed by atoms with Crippen molar-refractivity contribution in [3.8, 4) is 0 Å². The number of hydrogen-bond acceptors (Lipinski definition) is 5. The summed E-state index contributed by atoms with van der Waals surface area (Å²) in [6.45, 7) is 2.86. The topological polar surface area (TPSA) is 102 Å². The molecule has 2 amide bonds. The van der Waals surface area contributed by atoms with Gasteiger partial charge in [0, 0.05) is 23.9 Å². The lowest BCUT2D eigenvalue weighted by molar-refractivity contribution is -0.123. The van der Waals surface area contributed by atoms with Gasteiger partial charge < -0.3 is 15.4 Å². The number of benzene rings is 2. The lowest BCUT2D eigenvalue weighted by Crippen LogP contribution is -2.30. The van der Waals surface area contributed by atoms with Crippen molar-refractivity contribution in [3.05, 3.63) is 59.7 Å². The van der Waals surface area contributed by atoms with E-state index >= 15 is 0 Å². The number of amides is 2. The third kappa shape index (κ3) is 5.27. The number of nitrogens with one attached hydrogen (secondary N) is 2. The molecule has 0 aliphatic carbocycles. The maximum absolute atomic E-state index is 12.1. The molecule has 0 aliphatic heterocycles. The van der Waals surface area contributed by atoms with Gasteiger partial charge in [-0.1, -0.05) is 12.1 Å². The first-order valence-electron chi connectivity index (χ1n) is 7.84. The fourth-order valence-corrected chi connectivity index (χ4v) is 2.06. The molecule has 0 aromatic heterocycles. The number of esters is 1. The van der Waals surface area contributed by atoms with Crippen LogP contribution >= 0.6 is 0 Å². The zero-order valence-corrected chi connectivity index (χ0v) is 14.3. The van der Waals surface area contributed by atoms with Gasteiger partial charge in [0.2, 0.25) is 5.91 Å². The van der Waals surface area contributed by atoms with Crippen molar-refractivity contribution >= 4 is 35.4 Å². The second kappa shape index (κ2) is 8.57. The summed E-state index contributed by atoms with van der Waals surface area (Å²) in [5.41, 5.74) is 1.79. The van der Waals surface area contributed by atoms with E-state index in [1.165, 1.54) is 38.1 Å². The molecule has 0 spiro atoms. The molecule has 134 valence electrons. The summed E-state index contributed by atoms with van der Waals surface area (Å²) >= 11 is 0. The first-order chi connectivity index (χ1) is 12.4. The van der Waals surface area contributed by atoms with Gasteiger partial charge in [0.25, 0.3) is 5.91 Å². The van der Waals surface area contributed by atoms with E-state index < -0.39 is 18.0 Å². The van der Waals surface area contributed by atoms with Crippen LogP contribution in [0.25, 0.3) is 0 Å². The zero-order valence-electron chi connectivity index (χ0n) is 14.3. The van der Waals surface area contributed by atoms with Crippen molar-refractivity contribution in [2.24, 2.45) is 0 Å². The molecular weight excluding hydrogens is 336 g/mol. The Morgan fingerprint density at radius 3 is 1.96 bits per heavy atom. The van der Waals surface area contributed by atoms with E-state index in [-0.39, 0.29) is 11.5 Å². The number of hydrogen-bond donors (Lipinski definition) is 2. The van der Waals surface area contributed by atoms with Crippen molar-refractivity contribution in [2.75, 3.05) is 10.6 Å². The average molecular weight is 354 g/mol. The Morgan fingerprint density at radius 2 is 1.46 bits per heavy atom. The van der Waals surface area contributed by atoms with E-state index in [0.717, 1.165) is 0 Å². The standard InChI is InChI=1S/C19H18N2O5/c1-12(26-19(25)15-5-3-14(11-22)4-6-15)18(24)21-17-9-7-16(8-10-17)20-13(2)23/h3-12H,1-2H3,(H,20,23)(H,21,24)/t12-/m0/s1. The zero-order chi connectivity index (χ0) is 19.1. The molecule has 7 nitrogen and oxygen atoms in total. The van der Waals surface area contributed by atoms with Gasteiger partial charge in [-0.15, -0.1) is 0 Å². The van der Waals surface area contributed by atoms with E-state index in [2.05, 4.69) is 10.6 Å². The van der Waals surface area contributed by atoms with Gasteiger partial charge in [0.1, 0.15) is 6.29 Å². The molecule has 26 heavy (non-hydrogen) atoms. The minimum Gasteiger partial charge on any atom is -0.449 e. The minimum atomic E-state index is -1.01. The van der Waals surface area contributed by atoms with E-state index in [9.17, 15) is 19.2 Å². The van der Waals surface area contributed by atoms with Gasteiger partial charge in [0.15, 0.2) is 6.10 Å². The molecule has 0 bridgehead atoms. The second-order valence-corrected chi connectivity index (χ2v) is 5.54. The van der Waals surface area contributed by atoms with Crippen molar-refractivity contribution in [3.63, 3.8) is 0 Å². The largest absolute Gasteiger partial charge is 0.449 e. The van der Waals surface area contributed by atoms with Gasteiger partial charge >= 0.3 is 5.97 Å². The highest BCUT2D eigenvalue weighted by Crippen LogP contribution is 2.14. The Hall–Kier alpha value is -3.48. The lowest BCUT2D eigenvalue weighted by atomic mass is 10.1. The average Bonchev–Trinajstić information content (AvgIpc) is 2.62. The number of anilines is 2. The molecule has 7 heteroatoms. The molecule has 2 N–H and O–H groups in total. The summed E-state index contributed by atoms with van der Waals surface area (Å²) in [6, 6.07) is 12.4. The number of carbonyl (C=O) groups is 4. The number of ether oxygens (including phenoxy) is 1. The molecule has 0 heterocycles. The summed E-state index contributed by atoms with van der Waals surface area (Å²) in [6.07, 6.45) is -0.342. The normalized spacial score (nSPS) is 11.2. The molecule has 1 atom stereocenters. The van der Waals surface area contributed by atoms with Crippen LogP contribution in [0, 0.1) is 0 Å². The van der Waals surface area contributed by atoms with Crippen molar-refractivity contribution in [1.29, 1.82) is 0 Å². The van der Waals surface area contributed by atoms with Crippen LogP contribution in [0.3, 0.4) is 0 Å². The quantitative estimate of drug-likeness (QED) is 0.613. The summed E-state index contributed by atoms with van der Waals surface area (Å²) in [4.78, 5) is 45.8. The van der Waals surface area contributed by atoms with Crippen LogP contribution in [0.5, 0.6) is 0 Å². The lowest BCUT2D eigenvalue weighted by Gasteiger charge is -2.14. The molecule has 0 radical (unpaired) electrons. The SMILES string of the molecule is CC(=O)Nc1ccc(NC(=O)[C@H](C)OC(=O)c2ccc(C=O)cc2)cc1. The highest BCUT2D eigenvalue weighted by molar-refractivity contribution is 5.97. The third-order valence-corrected chi connectivity index (χ3v) is 3.41. The van der Waals surface area contributed by atoms with Gasteiger partial charge in [-0.25, -0.2) is 4.79 Å². The van der Waals surface area contributed by atoms with Gasteiger partial charge in [-0.2, -0.15) is 0 Å². The van der Waals surface area contributed by atoms with Crippen LogP contribution in [0.15, 0.2) is 48.5 Å². The van der Waals surface area contributed by atoms with Crippen molar-refractivity contribution in [1.82, 2.24) is 0 Å². The van der Waals surface area contributed by atoms with Crippen molar-refractivity contribution < 1.29 is 23.9 Å². The predicted molar refractivity (Wildman–Crippen MR) is 96.1 cm³/mol. The fraction of sp³-hybridized carbons (Fsp3) is 0.158. The van der Waals surface area contributed by atoms with Crippen molar-refractivity contribution in [2.45, 2.75) is 20.0 Å². The second-order valence-electron chi connectivity index (χ2n) is 5.54. The highest BCUT2D eigenvalue weighted by Gasteiger charge is 2.19. The highest BCUT2D eigenvalue weighted by atomic mass is 16.5. The smallest absolute Gasteiger partial charge is 0.338 e.